The van der Waals surface area contributed by atoms with E-state index in [2.05, 4.69) is 0 Å². The van der Waals surface area contributed by atoms with Gasteiger partial charge in [-0.1, -0.05) is 23.7 Å². The molecular weight excluding hydrogens is 204 g/mol. The molecule has 0 radical (unpaired) electrons. The maximum atomic E-state index is 8.85. The Bertz CT molecular complexity index is 299. The maximum absolute atomic E-state index is 8.85. The van der Waals surface area contributed by atoms with Crippen molar-refractivity contribution in [2.45, 2.75) is 12.4 Å². The molecule has 0 unspecified atom stereocenters. The number of hydrogen-bond donors (Lipinski definition) is 1. The minimum absolute atomic E-state index is 0.00983. The first kappa shape index (κ1) is 9.93. The highest BCUT2D eigenvalue weighted by molar-refractivity contribution is 6.30. The Hall–Kier alpha value is -0.610. The largest absolute Gasteiger partial charge is 0.394 e. The van der Waals surface area contributed by atoms with Crippen molar-refractivity contribution in [3.63, 3.8) is 0 Å². The van der Waals surface area contributed by atoms with E-state index in [4.69, 9.17) is 26.2 Å². The van der Waals surface area contributed by atoms with E-state index in [1.165, 1.54) is 0 Å². The number of hydrogen-bond acceptors (Lipinski definition) is 3. The van der Waals surface area contributed by atoms with E-state index < -0.39 is 0 Å². The van der Waals surface area contributed by atoms with E-state index in [1.807, 2.05) is 12.1 Å². The molecule has 1 aliphatic rings. The zero-order chi connectivity index (χ0) is 9.97. The molecule has 1 aliphatic heterocycles. The second-order valence-electron chi connectivity index (χ2n) is 3.16. The molecule has 1 aromatic rings. The Balaban J connectivity index is 2.06. The van der Waals surface area contributed by atoms with Crippen molar-refractivity contribution in [1.82, 2.24) is 0 Å². The summed E-state index contributed by atoms with van der Waals surface area (Å²) in [6.07, 6.45) is -0.583. The van der Waals surface area contributed by atoms with Crippen LogP contribution in [-0.4, -0.2) is 24.4 Å². The predicted octanol–water partition coefficient (Wildman–Crippen LogP) is 1.75. The summed E-state index contributed by atoms with van der Waals surface area (Å²) in [5.41, 5.74) is 0.922. The monoisotopic (exact) mass is 214 g/mol. The van der Waals surface area contributed by atoms with E-state index in [1.54, 1.807) is 12.1 Å². The lowest BCUT2D eigenvalue weighted by molar-refractivity contribution is -0.0675. The lowest BCUT2D eigenvalue weighted by Gasteiger charge is -2.10. The van der Waals surface area contributed by atoms with Crippen LogP contribution < -0.4 is 0 Å². The molecule has 0 aromatic heterocycles. The van der Waals surface area contributed by atoms with Crippen LogP contribution >= 0.6 is 11.6 Å². The van der Waals surface area contributed by atoms with Gasteiger partial charge in [-0.3, -0.25) is 0 Å². The molecule has 1 saturated heterocycles. The summed E-state index contributed by atoms with van der Waals surface area (Å²) in [7, 11) is 0. The number of rotatable bonds is 2. The van der Waals surface area contributed by atoms with Gasteiger partial charge in [-0.25, -0.2) is 0 Å². The SMILES string of the molecule is OC[C@H]1CO[C@H](c2ccc(Cl)cc2)O1. The average Bonchev–Trinajstić information content (AvgIpc) is 2.67. The highest BCUT2D eigenvalue weighted by atomic mass is 35.5. The summed E-state index contributed by atoms with van der Waals surface area (Å²) in [6.45, 7) is 0.424. The van der Waals surface area contributed by atoms with Crippen molar-refractivity contribution in [2.75, 3.05) is 13.2 Å². The highest BCUT2D eigenvalue weighted by Gasteiger charge is 2.26. The van der Waals surface area contributed by atoms with Gasteiger partial charge in [0.1, 0.15) is 6.10 Å². The van der Waals surface area contributed by atoms with Crippen LogP contribution in [-0.2, 0) is 9.47 Å². The average molecular weight is 215 g/mol. The standard InChI is InChI=1S/C10H11ClO3/c11-8-3-1-7(2-4-8)10-13-6-9(5-12)14-10/h1-4,9-10,12H,5-6H2/t9-,10-/m0/s1. The molecule has 1 heterocycles. The van der Waals surface area contributed by atoms with Crippen LogP contribution in [0, 0.1) is 0 Å². The van der Waals surface area contributed by atoms with Crippen LogP contribution in [0.25, 0.3) is 0 Å². The van der Waals surface area contributed by atoms with Crippen molar-refractivity contribution in [3.05, 3.63) is 34.9 Å². The van der Waals surface area contributed by atoms with Crippen molar-refractivity contribution in [1.29, 1.82) is 0 Å². The maximum Gasteiger partial charge on any atom is 0.184 e. The van der Waals surface area contributed by atoms with Gasteiger partial charge in [0.15, 0.2) is 6.29 Å². The molecule has 0 saturated carbocycles. The smallest absolute Gasteiger partial charge is 0.184 e. The third-order valence-electron chi connectivity index (χ3n) is 2.10. The van der Waals surface area contributed by atoms with E-state index in [0.717, 1.165) is 5.56 Å². The number of ether oxygens (including phenoxy) is 2. The Morgan fingerprint density at radius 3 is 2.64 bits per heavy atom. The predicted molar refractivity (Wildman–Crippen MR) is 52.1 cm³/mol. The first-order chi connectivity index (χ1) is 6.79. The van der Waals surface area contributed by atoms with Crippen LogP contribution in [0.4, 0.5) is 0 Å². The Kier molecular flexibility index (Phi) is 3.03. The first-order valence-corrected chi connectivity index (χ1v) is 4.81. The van der Waals surface area contributed by atoms with Gasteiger partial charge < -0.3 is 14.6 Å². The van der Waals surface area contributed by atoms with Gasteiger partial charge in [0.25, 0.3) is 0 Å². The quantitative estimate of drug-likeness (QED) is 0.815. The molecule has 4 heteroatoms. The molecule has 0 aliphatic carbocycles. The molecule has 0 amide bonds. The molecule has 1 fully saturated rings. The third kappa shape index (κ3) is 2.07. The van der Waals surface area contributed by atoms with E-state index in [0.29, 0.717) is 11.6 Å². The summed E-state index contributed by atoms with van der Waals surface area (Å²) >= 11 is 5.75. The van der Waals surface area contributed by atoms with Crippen LogP contribution in [0.5, 0.6) is 0 Å². The lowest BCUT2D eigenvalue weighted by Crippen LogP contribution is -2.14. The van der Waals surface area contributed by atoms with E-state index in [-0.39, 0.29) is 19.0 Å². The lowest BCUT2D eigenvalue weighted by atomic mass is 10.2. The van der Waals surface area contributed by atoms with Gasteiger partial charge in [0, 0.05) is 10.6 Å². The molecule has 76 valence electrons. The zero-order valence-electron chi connectivity index (χ0n) is 7.52. The summed E-state index contributed by atoms with van der Waals surface area (Å²) in [4.78, 5) is 0. The van der Waals surface area contributed by atoms with Crippen LogP contribution in [0.2, 0.25) is 5.02 Å². The third-order valence-corrected chi connectivity index (χ3v) is 2.35. The molecular formula is C10H11ClO3. The van der Waals surface area contributed by atoms with Crippen LogP contribution in [0.15, 0.2) is 24.3 Å². The first-order valence-electron chi connectivity index (χ1n) is 4.43. The topological polar surface area (TPSA) is 38.7 Å². The summed E-state index contributed by atoms with van der Waals surface area (Å²) in [5, 5.41) is 9.53. The number of benzene rings is 1. The number of aliphatic hydroxyl groups excluding tert-OH is 1. The fourth-order valence-corrected chi connectivity index (χ4v) is 1.46. The number of halogens is 1. The van der Waals surface area contributed by atoms with E-state index in [9.17, 15) is 0 Å². The molecule has 14 heavy (non-hydrogen) atoms. The second-order valence-corrected chi connectivity index (χ2v) is 3.59. The molecule has 0 spiro atoms. The van der Waals surface area contributed by atoms with Gasteiger partial charge in [0.05, 0.1) is 13.2 Å². The van der Waals surface area contributed by atoms with Gasteiger partial charge in [-0.05, 0) is 12.1 Å². The van der Waals surface area contributed by atoms with Crippen molar-refractivity contribution < 1.29 is 14.6 Å². The minimum atomic E-state index is -0.371. The summed E-state index contributed by atoms with van der Waals surface area (Å²) < 4.78 is 10.8. The summed E-state index contributed by atoms with van der Waals surface area (Å²) in [6, 6.07) is 7.28. The molecule has 0 bridgehead atoms. The Labute approximate surface area is 87.2 Å². The van der Waals surface area contributed by atoms with Gasteiger partial charge in [-0.2, -0.15) is 0 Å². The van der Waals surface area contributed by atoms with Gasteiger partial charge in [-0.15, -0.1) is 0 Å². The van der Waals surface area contributed by atoms with Crippen molar-refractivity contribution in [2.24, 2.45) is 0 Å². The molecule has 1 aromatic carbocycles. The molecule has 2 atom stereocenters. The van der Waals surface area contributed by atoms with Crippen LogP contribution in [0.3, 0.4) is 0 Å². The van der Waals surface area contributed by atoms with E-state index >= 15 is 0 Å². The van der Waals surface area contributed by atoms with Crippen molar-refractivity contribution >= 4 is 11.6 Å². The fraction of sp³-hybridized carbons (Fsp3) is 0.400. The highest BCUT2D eigenvalue weighted by Crippen LogP contribution is 2.27. The molecule has 2 rings (SSSR count). The minimum Gasteiger partial charge on any atom is -0.394 e. The van der Waals surface area contributed by atoms with Crippen LogP contribution in [0.1, 0.15) is 11.9 Å². The molecule has 3 nitrogen and oxygen atoms in total. The van der Waals surface area contributed by atoms with Crippen molar-refractivity contribution in [3.8, 4) is 0 Å². The Morgan fingerprint density at radius 1 is 1.36 bits per heavy atom. The Morgan fingerprint density at radius 2 is 2.07 bits per heavy atom. The summed E-state index contributed by atoms with van der Waals surface area (Å²) in [5.74, 6) is 0. The molecule has 1 N–H and O–H groups in total. The normalized spacial score (nSPS) is 26.7. The zero-order valence-corrected chi connectivity index (χ0v) is 8.28. The van der Waals surface area contributed by atoms with Gasteiger partial charge in [0.2, 0.25) is 0 Å². The second kappa shape index (κ2) is 4.28. The fourth-order valence-electron chi connectivity index (χ4n) is 1.34. The number of aliphatic hydroxyl groups is 1. The van der Waals surface area contributed by atoms with Gasteiger partial charge >= 0.3 is 0 Å².